The lowest BCUT2D eigenvalue weighted by atomic mass is 10.2. The molecule has 15 heavy (non-hydrogen) atoms. The van der Waals surface area contributed by atoms with Gasteiger partial charge in [0, 0.05) is 6.42 Å². The molecule has 1 rings (SSSR count). The fraction of sp³-hybridized carbons (Fsp3) is 0.417. The molecule has 1 aromatic carbocycles. The summed E-state index contributed by atoms with van der Waals surface area (Å²) in [5, 5.41) is 0. The molecule has 0 spiro atoms. The van der Waals surface area contributed by atoms with E-state index in [1.165, 1.54) is 0 Å². The number of nitrogens with two attached hydrogens (primary N) is 1. The normalized spacial score (nSPS) is 12.1. The largest absolute Gasteiger partial charge is 0.464 e. The van der Waals surface area contributed by atoms with Crippen molar-refractivity contribution in [1.29, 1.82) is 0 Å². The van der Waals surface area contributed by atoms with Crippen LogP contribution in [0, 0.1) is 0 Å². The van der Waals surface area contributed by atoms with Gasteiger partial charge in [0.05, 0.1) is 6.61 Å². The molecule has 0 aromatic heterocycles. The maximum absolute atomic E-state index is 11.2. The van der Waals surface area contributed by atoms with Gasteiger partial charge in [-0.1, -0.05) is 37.3 Å². The molecule has 0 bridgehead atoms. The number of carbonyl (C=O) groups excluding carboxylic acids is 1. The van der Waals surface area contributed by atoms with Gasteiger partial charge in [-0.2, -0.15) is 0 Å². The molecule has 1 aromatic rings. The van der Waals surface area contributed by atoms with Crippen LogP contribution in [0.2, 0.25) is 0 Å². The fourth-order valence-corrected chi connectivity index (χ4v) is 1.19. The monoisotopic (exact) mass is 207 g/mol. The van der Waals surface area contributed by atoms with E-state index in [0.29, 0.717) is 13.0 Å². The van der Waals surface area contributed by atoms with Crippen LogP contribution in [-0.2, 0) is 16.0 Å². The Morgan fingerprint density at radius 3 is 2.67 bits per heavy atom. The van der Waals surface area contributed by atoms with Crippen molar-refractivity contribution in [3.05, 3.63) is 35.9 Å². The van der Waals surface area contributed by atoms with Crippen LogP contribution in [0.1, 0.15) is 18.9 Å². The van der Waals surface area contributed by atoms with Gasteiger partial charge in [0.25, 0.3) is 0 Å². The van der Waals surface area contributed by atoms with E-state index in [1.807, 2.05) is 37.3 Å². The van der Waals surface area contributed by atoms with Crippen LogP contribution in [0.25, 0.3) is 0 Å². The molecule has 0 aliphatic rings. The van der Waals surface area contributed by atoms with Crippen molar-refractivity contribution < 1.29 is 9.53 Å². The smallest absolute Gasteiger partial charge is 0.322 e. The first-order chi connectivity index (χ1) is 7.24. The third-order valence-electron chi connectivity index (χ3n) is 2.22. The molecular formula is C12H17NO2. The van der Waals surface area contributed by atoms with Crippen LogP contribution >= 0.6 is 0 Å². The Morgan fingerprint density at radius 1 is 1.40 bits per heavy atom. The van der Waals surface area contributed by atoms with Crippen LogP contribution in [0.3, 0.4) is 0 Å². The number of hydrogen-bond acceptors (Lipinski definition) is 3. The molecule has 0 aliphatic heterocycles. The Labute approximate surface area is 90.2 Å². The second-order valence-electron chi connectivity index (χ2n) is 3.42. The van der Waals surface area contributed by atoms with Gasteiger partial charge in [-0.15, -0.1) is 0 Å². The lowest BCUT2D eigenvalue weighted by molar-refractivity contribution is -0.145. The van der Waals surface area contributed by atoms with Crippen molar-refractivity contribution in [3.8, 4) is 0 Å². The number of esters is 1. The topological polar surface area (TPSA) is 52.3 Å². The average molecular weight is 207 g/mol. The lowest BCUT2D eigenvalue weighted by Gasteiger charge is -2.08. The highest BCUT2D eigenvalue weighted by Crippen LogP contribution is 2.00. The molecule has 0 saturated heterocycles. The van der Waals surface area contributed by atoms with Gasteiger partial charge in [-0.05, 0) is 12.0 Å². The van der Waals surface area contributed by atoms with Crippen molar-refractivity contribution in [2.24, 2.45) is 5.73 Å². The van der Waals surface area contributed by atoms with Crippen molar-refractivity contribution in [2.75, 3.05) is 6.61 Å². The zero-order valence-corrected chi connectivity index (χ0v) is 8.98. The maximum atomic E-state index is 11.2. The Balaban J connectivity index is 2.25. The minimum atomic E-state index is -0.485. The highest BCUT2D eigenvalue weighted by molar-refractivity contribution is 5.75. The quantitative estimate of drug-likeness (QED) is 0.744. The summed E-state index contributed by atoms with van der Waals surface area (Å²) in [6.45, 7) is 2.26. The fourth-order valence-electron chi connectivity index (χ4n) is 1.19. The van der Waals surface area contributed by atoms with E-state index < -0.39 is 6.04 Å². The molecule has 1 unspecified atom stereocenters. The van der Waals surface area contributed by atoms with Crippen molar-refractivity contribution in [1.82, 2.24) is 0 Å². The van der Waals surface area contributed by atoms with Crippen molar-refractivity contribution >= 4 is 5.97 Å². The Morgan fingerprint density at radius 2 is 2.07 bits per heavy atom. The standard InChI is InChI=1S/C12H17NO2/c1-2-11(13)12(14)15-9-8-10-6-4-3-5-7-10/h3-7,11H,2,8-9,13H2,1H3. The number of carbonyl (C=O) groups is 1. The minimum absolute atomic E-state index is 0.312. The zero-order chi connectivity index (χ0) is 11.1. The molecule has 0 amide bonds. The molecule has 3 heteroatoms. The predicted octanol–water partition coefficient (Wildman–Crippen LogP) is 1.51. The van der Waals surface area contributed by atoms with Crippen molar-refractivity contribution in [2.45, 2.75) is 25.8 Å². The Hall–Kier alpha value is -1.35. The minimum Gasteiger partial charge on any atom is -0.464 e. The van der Waals surface area contributed by atoms with Crippen LogP contribution < -0.4 is 5.73 Å². The molecule has 0 fully saturated rings. The number of benzene rings is 1. The summed E-state index contributed by atoms with van der Waals surface area (Å²) in [7, 11) is 0. The van der Waals surface area contributed by atoms with Gasteiger partial charge in [0.1, 0.15) is 6.04 Å². The molecule has 0 saturated carbocycles. The van der Waals surface area contributed by atoms with Crippen molar-refractivity contribution in [3.63, 3.8) is 0 Å². The third kappa shape index (κ3) is 4.13. The predicted molar refractivity (Wildman–Crippen MR) is 59.4 cm³/mol. The van der Waals surface area contributed by atoms with E-state index in [-0.39, 0.29) is 5.97 Å². The SMILES string of the molecule is CCC(N)C(=O)OCCc1ccccc1. The first-order valence-corrected chi connectivity index (χ1v) is 5.20. The van der Waals surface area contributed by atoms with Gasteiger partial charge in [0.15, 0.2) is 0 Å². The second-order valence-corrected chi connectivity index (χ2v) is 3.42. The van der Waals surface area contributed by atoms with Gasteiger partial charge in [-0.25, -0.2) is 0 Å². The summed E-state index contributed by atoms with van der Waals surface area (Å²) in [5.74, 6) is -0.312. The van der Waals surface area contributed by atoms with Crippen LogP contribution in [0.15, 0.2) is 30.3 Å². The Kier molecular flexibility index (Phi) is 4.84. The van der Waals surface area contributed by atoms with E-state index >= 15 is 0 Å². The van der Waals surface area contributed by atoms with Crippen LogP contribution in [0.4, 0.5) is 0 Å². The molecule has 0 radical (unpaired) electrons. The molecule has 0 aliphatic carbocycles. The number of ether oxygens (including phenoxy) is 1. The summed E-state index contributed by atoms with van der Waals surface area (Å²) >= 11 is 0. The first-order valence-electron chi connectivity index (χ1n) is 5.20. The molecule has 3 nitrogen and oxygen atoms in total. The van der Waals surface area contributed by atoms with E-state index in [2.05, 4.69) is 0 Å². The average Bonchev–Trinajstić information content (AvgIpc) is 2.29. The van der Waals surface area contributed by atoms with Crippen LogP contribution in [-0.4, -0.2) is 18.6 Å². The number of rotatable bonds is 5. The van der Waals surface area contributed by atoms with Gasteiger partial charge < -0.3 is 10.5 Å². The lowest BCUT2D eigenvalue weighted by Crippen LogP contribution is -2.31. The van der Waals surface area contributed by atoms with Gasteiger partial charge in [-0.3, -0.25) is 4.79 Å². The highest BCUT2D eigenvalue weighted by Gasteiger charge is 2.11. The molecule has 1 atom stereocenters. The molecule has 82 valence electrons. The zero-order valence-electron chi connectivity index (χ0n) is 8.98. The summed E-state index contributed by atoms with van der Waals surface area (Å²) in [4.78, 5) is 11.2. The first kappa shape index (κ1) is 11.7. The molecule has 2 N–H and O–H groups in total. The summed E-state index contributed by atoms with van der Waals surface area (Å²) in [6, 6.07) is 9.42. The van der Waals surface area contributed by atoms with Crippen LogP contribution in [0.5, 0.6) is 0 Å². The summed E-state index contributed by atoms with van der Waals surface area (Å²) in [5.41, 5.74) is 6.68. The molecule has 0 heterocycles. The highest BCUT2D eigenvalue weighted by atomic mass is 16.5. The summed E-state index contributed by atoms with van der Waals surface area (Å²) in [6.07, 6.45) is 1.35. The Bertz CT molecular complexity index is 298. The number of hydrogen-bond donors (Lipinski definition) is 1. The third-order valence-corrected chi connectivity index (χ3v) is 2.22. The maximum Gasteiger partial charge on any atom is 0.322 e. The van der Waals surface area contributed by atoms with E-state index in [9.17, 15) is 4.79 Å². The molecular weight excluding hydrogens is 190 g/mol. The van der Waals surface area contributed by atoms with E-state index in [4.69, 9.17) is 10.5 Å². The summed E-state index contributed by atoms with van der Waals surface area (Å²) < 4.78 is 5.03. The second kappa shape index (κ2) is 6.19. The van der Waals surface area contributed by atoms with E-state index in [1.54, 1.807) is 0 Å². The van der Waals surface area contributed by atoms with E-state index in [0.717, 1.165) is 12.0 Å². The van der Waals surface area contributed by atoms with Gasteiger partial charge in [0.2, 0.25) is 0 Å². The van der Waals surface area contributed by atoms with Gasteiger partial charge >= 0.3 is 5.97 Å².